The van der Waals surface area contributed by atoms with E-state index in [1.165, 1.54) is 6.07 Å². The quantitative estimate of drug-likeness (QED) is 0.585. The maximum absolute atomic E-state index is 11.0. The van der Waals surface area contributed by atoms with Gasteiger partial charge in [0.15, 0.2) is 0 Å². The van der Waals surface area contributed by atoms with Crippen molar-refractivity contribution >= 4 is 37.5 Å². The Labute approximate surface area is 138 Å². The first-order valence-corrected chi connectivity index (χ1v) is 7.54. The number of nitro groups is 1. The molecule has 0 aliphatic rings. The first kappa shape index (κ1) is 15.9. The Morgan fingerprint density at radius 1 is 1.10 bits per heavy atom. The van der Waals surface area contributed by atoms with E-state index in [4.69, 9.17) is 4.74 Å². The number of nitrogens with zero attached hydrogens (tertiary/aromatic N) is 1. The van der Waals surface area contributed by atoms with Gasteiger partial charge in [0.05, 0.1) is 17.1 Å². The van der Waals surface area contributed by atoms with Crippen LogP contribution in [0.1, 0.15) is 11.1 Å². The normalized spacial score (nSPS) is 10.4. The van der Waals surface area contributed by atoms with Gasteiger partial charge in [-0.15, -0.1) is 0 Å². The monoisotopic (exact) mass is 415 g/mol. The molecule has 0 unspecified atom stereocenters. The zero-order valence-corrected chi connectivity index (χ0v) is 13.9. The molecular formula is C14H11Br2NO4. The minimum Gasteiger partial charge on any atom is -0.488 e. The van der Waals surface area contributed by atoms with Crippen LogP contribution in [0.5, 0.6) is 5.75 Å². The Morgan fingerprint density at radius 2 is 1.76 bits per heavy atom. The lowest BCUT2D eigenvalue weighted by molar-refractivity contribution is -0.385. The average molecular weight is 417 g/mol. The van der Waals surface area contributed by atoms with Crippen LogP contribution >= 0.6 is 31.9 Å². The van der Waals surface area contributed by atoms with Gasteiger partial charge in [0.25, 0.3) is 5.69 Å². The summed E-state index contributed by atoms with van der Waals surface area (Å²) in [6, 6.07) is 10.0. The van der Waals surface area contributed by atoms with Gasteiger partial charge in [-0.25, -0.2) is 0 Å². The van der Waals surface area contributed by atoms with Crippen molar-refractivity contribution in [2.24, 2.45) is 0 Å². The number of aliphatic hydroxyl groups excluding tert-OH is 1. The second kappa shape index (κ2) is 7.02. The number of hydrogen-bond acceptors (Lipinski definition) is 4. The van der Waals surface area contributed by atoms with Crippen LogP contribution in [0.3, 0.4) is 0 Å². The molecule has 1 N–H and O–H groups in total. The second-order valence-electron chi connectivity index (χ2n) is 4.23. The lowest BCUT2D eigenvalue weighted by atomic mass is 10.2. The molecule has 0 aliphatic heterocycles. The molecule has 0 atom stereocenters. The highest BCUT2D eigenvalue weighted by molar-refractivity contribution is 9.10. The molecule has 0 fully saturated rings. The minimum atomic E-state index is -0.446. The first-order valence-electron chi connectivity index (χ1n) is 5.96. The summed E-state index contributed by atoms with van der Waals surface area (Å²) in [4.78, 5) is 10.6. The van der Waals surface area contributed by atoms with E-state index in [9.17, 15) is 15.2 Å². The molecule has 5 nitrogen and oxygen atoms in total. The lowest BCUT2D eigenvalue weighted by Crippen LogP contribution is -2.02. The van der Waals surface area contributed by atoms with E-state index < -0.39 is 4.92 Å². The van der Waals surface area contributed by atoms with Crippen molar-refractivity contribution in [2.45, 2.75) is 13.2 Å². The molecule has 21 heavy (non-hydrogen) atoms. The van der Waals surface area contributed by atoms with E-state index in [0.29, 0.717) is 21.3 Å². The molecule has 0 radical (unpaired) electrons. The Balaban J connectivity index is 2.22. The Kier molecular flexibility index (Phi) is 5.33. The fourth-order valence-corrected chi connectivity index (χ4v) is 2.55. The van der Waals surface area contributed by atoms with E-state index in [1.54, 1.807) is 30.3 Å². The fraction of sp³-hybridized carbons (Fsp3) is 0.143. The highest BCUT2D eigenvalue weighted by atomic mass is 79.9. The molecule has 0 aromatic heterocycles. The van der Waals surface area contributed by atoms with E-state index >= 15 is 0 Å². The number of benzene rings is 2. The van der Waals surface area contributed by atoms with Gasteiger partial charge in [-0.2, -0.15) is 0 Å². The van der Waals surface area contributed by atoms with Crippen molar-refractivity contribution in [1.29, 1.82) is 0 Å². The van der Waals surface area contributed by atoms with E-state index in [1.807, 2.05) is 0 Å². The summed E-state index contributed by atoms with van der Waals surface area (Å²) in [7, 11) is 0. The van der Waals surface area contributed by atoms with Gasteiger partial charge >= 0.3 is 0 Å². The van der Waals surface area contributed by atoms with Crippen LogP contribution in [0.2, 0.25) is 0 Å². The molecule has 7 heteroatoms. The van der Waals surface area contributed by atoms with E-state index in [-0.39, 0.29) is 18.9 Å². The van der Waals surface area contributed by atoms with Crippen LogP contribution in [0.4, 0.5) is 5.69 Å². The molecule has 2 aromatic rings. The molecule has 110 valence electrons. The third-order valence-corrected chi connectivity index (χ3v) is 3.81. The molecule has 0 saturated heterocycles. The maximum atomic E-state index is 11.0. The van der Waals surface area contributed by atoms with Crippen molar-refractivity contribution in [1.82, 2.24) is 0 Å². The number of hydrogen-bond donors (Lipinski definition) is 1. The summed E-state index contributed by atoms with van der Waals surface area (Å²) >= 11 is 6.52. The van der Waals surface area contributed by atoms with Gasteiger partial charge in [-0.3, -0.25) is 10.1 Å². The predicted molar refractivity (Wildman–Crippen MR) is 85.2 cm³/mol. The van der Waals surface area contributed by atoms with Crippen LogP contribution < -0.4 is 4.74 Å². The molecule has 0 aliphatic carbocycles. The van der Waals surface area contributed by atoms with Crippen LogP contribution in [0, 0.1) is 10.1 Å². The van der Waals surface area contributed by atoms with Crippen molar-refractivity contribution in [3.8, 4) is 5.75 Å². The van der Waals surface area contributed by atoms with Crippen molar-refractivity contribution in [3.05, 3.63) is 66.6 Å². The van der Waals surface area contributed by atoms with Crippen molar-refractivity contribution < 1.29 is 14.8 Å². The number of halogens is 2. The zero-order valence-electron chi connectivity index (χ0n) is 10.8. The largest absolute Gasteiger partial charge is 0.488 e. The van der Waals surface area contributed by atoms with Gasteiger partial charge in [0, 0.05) is 20.6 Å². The number of aliphatic hydroxyl groups is 1. The third kappa shape index (κ3) is 4.03. The summed E-state index contributed by atoms with van der Waals surface area (Å²) in [6.07, 6.45) is 0. The summed E-state index contributed by atoms with van der Waals surface area (Å²) in [5.74, 6) is 0.498. The fourth-order valence-electron chi connectivity index (χ4n) is 1.80. The van der Waals surface area contributed by atoms with Crippen LogP contribution in [0.25, 0.3) is 0 Å². The Hall–Kier alpha value is -1.44. The summed E-state index contributed by atoms with van der Waals surface area (Å²) in [5, 5.41) is 20.3. The molecule has 0 amide bonds. The SMILES string of the molecule is O=[N+]([O-])c1cc(Br)ccc1COc1ccc(Br)cc1CO. The van der Waals surface area contributed by atoms with Crippen LogP contribution in [-0.2, 0) is 13.2 Å². The summed E-state index contributed by atoms with van der Waals surface area (Å²) < 4.78 is 7.06. The highest BCUT2D eigenvalue weighted by Crippen LogP contribution is 2.27. The Morgan fingerprint density at radius 3 is 2.43 bits per heavy atom. The molecule has 2 rings (SSSR count). The molecule has 0 bridgehead atoms. The zero-order chi connectivity index (χ0) is 15.4. The van der Waals surface area contributed by atoms with Gasteiger partial charge < -0.3 is 9.84 Å². The number of ether oxygens (including phenoxy) is 1. The maximum Gasteiger partial charge on any atom is 0.277 e. The highest BCUT2D eigenvalue weighted by Gasteiger charge is 2.15. The van der Waals surface area contributed by atoms with Crippen molar-refractivity contribution in [3.63, 3.8) is 0 Å². The van der Waals surface area contributed by atoms with Crippen LogP contribution in [-0.4, -0.2) is 10.0 Å². The summed E-state index contributed by atoms with van der Waals surface area (Å²) in [6.45, 7) is -0.116. The first-order chi connectivity index (χ1) is 10.0. The topological polar surface area (TPSA) is 72.6 Å². The van der Waals surface area contributed by atoms with E-state index in [0.717, 1.165) is 4.47 Å². The standard InChI is InChI=1S/C14H11Br2NO4/c15-11-3-4-14(10(5-11)7-18)21-8-9-1-2-12(16)6-13(9)17(19)20/h1-6,18H,7-8H2. The number of nitro benzene ring substituents is 1. The predicted octanol–water partition coefficient (Wildman–Crippen LogP) is 4.19. The van der Waals surface area contributed by atoms with Crippen LogP contribution in [0.15, 0.2) is 45.3 Å². The smallest absolute Gasteiger partial charge is 0.277 e. The van der Waals surface area contributed by atoms with Gasteiger partial charge in [0.1, 0.15) is 12.4 Å². The van der Waals surface area contributed by atoms with E-state index in [2.05, 4.69) is 31.9 Å². The average Bonchev–Trinajstić information content (AvgIpc) is 2.46. The second-order valence-corrected chi connectivity index (χ2v) is 6.06. The molecule has 0 spiro atoms. The molecule has 2 aromatic carbocycles. The number of rotatable bonds is 5. The van der Waals surface area contributed by atoms with Gasteiger partial charge in [0.2, 0.25) is 0 Å². The van der Waals surface area contributed by atoms with Crippen molar-refractivity contribution in [2.75, 3.05) is 0 Å². The van der Waals surface area contributed by atoms with Gasteiger partial charge in [-0.05, 0) is 30.3 Å². The summed E-state index contributed by atoms with van der Waals surface area (Å²) in [5.41, 5.74) is 1.08. The third-order valence-electron chi connectivity index (χ3n) is 2.82. The molecule has 0 heterocycles. The minimum absolute atomic E-state index is 0.00737. The lowest BCUT2D eigenvalue weighted by Gasteiger charge is -2.11. The van der Waals surface area contributed by atoms with Gasteiger partial charge in [-0.1, -0.05) is 31.9 Å². The molecule has 0 saturated carbocycles. The Bertz CT molecular complexity index is 676. The molecular weight excluding hydrogens is 406 g/mol.